The van der Waals surface area contributed by atoms with Gasteiger partial charge in [0, 0.05) is 30.4 Å². The maximum absolute atomic E-state index is 14.2. The maximum atomic E-state index is 14.2. The number of alkyl halides is 3. The van der Waals surface area contributed by atoms with Crippen molar-refractivity contribution in [2.45, 2.75) is 13.1 Å². The summed E-state index contributed by atoms with van der Waals surface area (Å²) in [5.74, 6) is -0.856. The topological polar surface area (TPSA) is 27.6 Å². The second kappa shape index (κ2) is 7.74. The molecule has 0 aromatic heterocycles. The normalized spacial score (nSPS) is 11.8. The van der Waals surface area contributed by atoms with Crippen LogP contribution in [0.5, 0.6) is 0 Å². The van der Waals surface area contributed by atoms with Gasteiger partial charge in [-0.15, -0.1) is 0 Å². The summed E-state index contributed by atoms with van der Waals surface area (Å²) in [4.78, 5) is 5.41. The third-order valence-electron chi connectivity index (χ3n) is 3.41. The minimum Gasteiger partial charge on any atom is -0.366 e. The van der Waals surface area contributed by atoms with Gasteiger partial charge >= 0.3 is 6.18 Å². The first-order valence-electron chi connectivity index (χ1n) is 7.38. The molecular weight excluding hydrogens is 358 g/mol. The van der Waals surface area contributed by atoms with E-state index in [4.69, 9.17) is 11.6 Å². The molecule has 0 atom stereocenters. The summed E-state index contributed by atoms with van der Waals surface area (Å²) in [6.45, 7) is 2.43. The van der Waals surface area contributed by atoms with Crippen LogP contribution in [0.3, 0.4) is 0 Å². The van der Waals surface area contributed by atoms with E-state index in [9.17, 15) is 17.6 Å². The fourth-order valence-corrected chi connectivity index (χ4v) is 2.06. The Hall–Kier alpha value is -2.28. The Labute approximate surface area is 147 Å². The number of halogens is 5. The Balaban J connectivity index is 2.43. The molecule has 0 unspecified atom stereocenters. The van der Waals surface area contributed by atoms with Crippen LogP contribution in [-0.4, -0.2) is 24.8 Å². The molecule has 0 aliphatic rings. The number of hydrogen-bond donors (Lipinski definition) is 1. The fraction of sp³-hybridized carbons (Fsp3) is 0.235. The lowest BCUT2D eigenvalue weighted by Gasteiger charge is -2.16. The van der Waals surface area contributed by atoms with Crippen LogP contribution in [0, 0.1) is 5.82 Å². The van der Waals surface area contributed by atoms with Crippen molar-refractivity contribution in [2.75, 3.05) is 18.9 Å². The molecule has 0 spiro atoms. The van der Waals surface area contributed by atoms with E-state index in [1.165, 1.54) is 30.6 Å². The molecule has 0 aliphatic carbocycles. The van der Waals surface area contributed by atoms with Gasteiger partial charge < -0.3 is 10.2 Å². The highest BCUT2D eigenvalue weighted by molar-refractivity contribution is 6.30. The molecular formula is C17H16ClF4N3. The first-order chi connectivity index (χ1) is 11.7. The van der Waals surface area contributed by atoms with E-state index < -0.39 is 23.2 Å². The average molecular weight is 374 g/mol. The van der Waals surface area contributed by atoms with E-state index in [1.54, 1.807) is 11.9 Å². The van der Waals surface area contributed by atoms with E-state index in [-0.39, 0.29) is 5.69 Å². The molecule has 0 amide bonds. The summed E-state index contributed by atoms with van der Waals surface area (Å²) in [5.41, 5.74) is -1.42. The van der Waals surface area contributed by atoms with E-state index in [0.717, 1.165) is 6.07 Å². The van der Waals surface area contributed by atoms with Crippen LogP contribution in [0.4, 0.5) is 34.6 Å². The van der Waals surface area contributed by atoms with Crippen molar-refractivity contribution < 1.29 is 17.6 Å². The first kappa shape index (κ1) is 19.1. The quantitative estimate of drug-likeness (QED) is 0.404. The smallest absolute Gasteiger partial charge is 0.366 e. The molecule has 2 rings (SSSR count). The highest BCUT2D eigenvalue weighted by Crippen LogP contribution is 2.39. The highest BCUT2D eigenvalue weighted by atomic mass is 35.5. The van der Waals surface area contributed by atoms with Crippen molar-refractivity contribution in [3.63, 3.8) is 0 Å². The fourth-order valence-electron chi connectivity index (χ4n) is 1.93. The Morgan fingerprint density at radius 1 is 1.20 bits per heavy atom. The standard InChI is InChI=1S/C17H16ClF4N3/c1-3-25(2)10-23-16-8-13(17(20,21)22)15(9-14(16)19)24-12-6-4-11(18)5-7-12/h4-10,24H,3H2,1-2H3. The van der Waals surface area contributed by atoms with E-state index in [2.05, 4.69) is 10.3 Å². The van der Waals surface area contributed by atoms with Crippen LogP contribution in [-0.2, 0) is 6.18 Å². The van der Waals surface area contributed by atoms with Gasteiger partial charge in [0.15, 0.2) is 5.82 Å². The monoisotopic (exact) mass is 373 g/mol. The zero-order valence-electron chi connectivity index (χ0n) is 13.5. The zero-order chi connectivity index (χ0) is 18.6. The number of rotatable bonds is 5. The van der Waals surface area contributed by atoms with Gasteiger partial charge in [0.05, 0.1) is 17.6 Å². The van der Waals surface area contributed by atoms with Crippen LogP contribution in [0.25, 0.3) is 0 Å². The van der Waals surface area contributed by atoms with Crippen LogP contribution >= 0.6 is 11.6 Å². The molecule has 134 valence electrons. The molecule has 0 saturated carbocycles. The predicted molar refractivity (Wildman–Crippen MR) is 92.6 cm³/mol. The summed E-state index contributed by atoms with van der Waals surface area (Å²) in [7, 11) is 1.68. The SMILES string of the molecule is CCN(C)C=Nc1cc(C(F)(F)F)c(Nc2ccc(Cl)cc2)cc1F. The van der Waals surface area contributed by atoms with Crippen LogP contribution < -0.4 is 5.32 Å². The molecule has 0 bridgehead atoms. The lowest BCUT2D eigenvalue weighted by molar-refractivity contribution is -0.136. The minimum atomic E-state index is -4.66. The van der Waals surface area contributed by atoms with Crippen LogP contribution in [0.1, 0.15) is 12.5 Å². The van der Waals surface area contributed by atoms with Crippen molar-refractivity contribution >= 4 is 35.0 Å². The average Bonchev–Trinajstić information content (AvgIpc) is 2.54. The lowest BCUT2D eigenvalue weighted by Crippen LogP contribution is -2.14. The van der Waals surface area contributed by atoms with Crippen molar-refractivity contribution in [2.24, 2.45) is 4.99 Å². The number of anilines is 2. The number of hydrogen-bond acceptors (Lipinski definition) is 2. The molecule has 0 saturated heterocycles. The molecule has 2 aromatic rings. The van der Waals surface area contributed by atoms with Gasteiger partial charge in [-0.2, -0.15) is 13.2 Å². The molecule has 1 N–H and O–H groups in total. The summed E-state index contributed by atoms with van der Waals surface area (Å²) < 4.78 is 54.2. The van der Waals surface area contributed by atoms with Gasteiger partial charge in [0.25, 0.3) is 0 Å². The van der Waals surface area contributed by atoms with Gasteiger partial charge in [0.1, 0.15) is 5.69 Å². The summed E-state index contributed by atoms with van der Waals surface area (Å²) in [6.07, 6.45) is -3.38. The van der Waals surface area contributed by atoms with Crippen molar-refractivity contribution in [3.8, 4) is 0 Å². The van der Waals surface area contributed by atoms with Crippen LogP contribution in [0.2, 0.25) is 5.02 Å². The van der Waals surface area contributed by atoms with Crippen LogP contribution in [0.15, 0.2) is 41.4 Å². The molecule has 0 heterocycles. The van der Waals surface area contributed by atoms with E-state index in [0.29, 0.717) is 23.3 Å². The van der Waals surface area contributed by atoms with Gasteiger partial charge in [-0.05, 0) is 37.3 Å². The summed E-state index contributed by atoms with van der Waals surface area (Å²) in [6, 6.07) is 7.52. The lowest BCUT2D eigenvalue weighted by atomic mass is 10.1. The van der Waals surface area contributed by atoms with Crippen molar-refractivity contribution in [1.29, 1.82) is 0 Å². The number of nitrogens with zero attached hydrogens (tertiary/aromatic N) is 2. The number of nitrogens with one attached hydrogen (secondary N) is 1. The van der Waals surface area contributed by atoms with Gasteiger partial charge in [-0.1, -0.05) is 11.6 Å². The predicted octanol–water partition coefficient (Wildman–Crippen LogP) is 5.85. The van der Waals surface area contributed by atoms with E-state index in [1.807, 2.05) is 6.92 Å². The summed E-state index contributed by atoms with van der Waals surface area (Å²) >= 11 is 5.75. The Morgan fingerprint density at radius 2 is 1.84 bits per heavy atom. The zero-order valence-corrected chi connectivity index (χ0v) is 14.3. The molecule has 0 fully saturated rings. The molecule has 8 heteroatoms. The Kier molecular flexibility index (Phi) is 5.89. The molecule has 0 radical (unpaired) electrons. The van der Waals surface area contributed by atoms with Crippen molar-refractivity contribution in [1.82, 2.24) is 4.90 Å². The third kappa shape index (κ3) is 5.09. The van der Waals surface area contributed by atoms with E-state index >= 15 is 0 Å². The van der Waals surface area contributed by atoms with Gasteiger partial charge in [-0.3, -0.25) is 0 Å². The van der Waals surface area contributed by atoms with Gasteiger partial charge in [-0.25, -0.2) is 9.38 Å². The molecule has 25 heavy (non-hydrogen) atoms. The molecule has 3 nitrogen and oxygen atoms in total. The second-order valence-electron chi connectivity index (χ2n) is 5.30. The summed E-state index contributed by atoms with van der Waals surface area (Å²) in [5, 5.41) is 3.01. The largest absolute Gasteiger partial charge is 0.418 e. The Morgan fingerprint density at radius 3 is 2.40 bits per heavy atom. The first-order valence-corrected chi connectivity index (χ1v) is 7.76. The minimum absolute atomic E-state index is 0.358. The second-order valence-corrected chi connectivity index (χ2v) is 5.73. The highest BCUT2D eigenvalue weighted by Gasteiger charge is 2.34. The third-order valence-corrected chi connectivity index (χ3v) is 3.66. The van der Waals surface area contributed by atoms with Crippen molar-refractivity contribution in [3.05, 3.63) is 52.8 Å². The van der Waals surface area contributed by atoms with Gasteiger partial charge in [0.2, 0.25) is 0 Å². The number of aliphatic imine (C=N–C) groups is 1. The Bertz CT molecular complexity index is 758. The maximum Gasteiger partial charge on any atom is 0.418 e. The molecule has 2 aromatic carbocycles. The molecule has 0 aliphatic heterocycles. The number of benzene rings is 2.